The lowest BCUT2D eigenvalue weighted by atomic mass is 9.98. The minimum atomic E-state index is -3.33. The second-order valence-corrected chi connectivity index (χ2v) is 9.78. The summed E-state index contributed by atoms with van der Waals surface area (Å²) < 4.78 is 23.3. The number of carbonyl (C=O) groups excluding carboxylic acids is 1. The fourth-order valence-corrected chi connectivity index (χ4v) is 4.14. The first-order chi connectivity index (χ1) is 13.3. The van der Waals surface area contributed by atoms with Crippen LogP contribution in [0.15, 0.2) is 53.4 Å². The number of rotatable bonds is 6. The van der Waals surface area contributed by atoms with Gasteiger partial charge in [0.2, 0.25) is 0 Å². The highest BCUT2D eigenvalue weighted by atomic mass is 32.2. The normalized spacial score (nSPS) is 16.1. The molecule has 5 nitrogen and oxygen atoms in total. The van der Waals surface area contributed by atoms with Gasteiger partial charge in [0.25, 0.3) is 5.91 Å². The quantitative estimate of drug-likeness (QED) is 0.808. The van der Waals surface area contributed by atoms with E-state index in [-0.39, 0.29) is 10.8 Å². The van der Waals surface area contributed by atoms with Gasteiger partial charge >= 0.3 is 0 Å². The van der Waals surface area contributed by atoms with Gasteiger partial charge in [0.1, 0.15) is 0 Å². The van der Waals surface area contributed by atoms with Gasteiger partial charge in [0.05, 0.1) is 4.90 Å². The van der Waals surface area contributed by atoms with Crippen molar-refractivity contribution in [2.24, 2.45) is 5.92 Å². The van der Waals surface area contributed by atoms with Gasteiger partial charge in [-0.15, -0.1) is 0 Å². The van der Waals surface area contributed by atoms with E-state index in [9.17, 15) is 13.2 Å². The highest BCUT2D eigenvalue weighted by Gasteiger charge is 2.16. The lowest BCUT2D eigenvalue weighted by molar-refractivity contribution is 0.0950. The minimum absolute atomic E-state index is 0.151. The third kappa shape index (κ3) is 5.66. The Balaban J connectivity index is 1.59. The maximum Gasteiger partial charge on any atom is 0.251 e. The number of nitrogens with zero attached hydrogens (tertiary/aromatic N) is 1. The van der Waals surface area contributed by atoms with Crippen LogP contribution in [-0.2, 0) is 22.9 Å². The topological polar surface area (TPSA) is 66.5 Å². The van der Waals surface area contributed by atoms with E-state index in [0.29, 0.717) is 12.1 Å². The number of piperidine rings is 1. The molecule has 0 spiro atoms. The molecule has 28 heavy (non-hydrogen) atoms. The summed E-state index contributed by atoms with van der Waals surface area (Å²) in [6, 6.07) is 14.4. The van der Waals surface area contributed by atoms with Gasteiger partial charge in [0, 0.05) is 24.9 Å². The molecule has 6 heteroatoms. The molecule has 0 aliphatic carbocycles. The summed E-state index contributed by atoms with van der Waals surface area (Å²) in [6.45, 7) is 5.93. The summed E-state index contributed by atoms with van der Waals surface area (Å²) in [6.07, 6.45) is 3.64. The molecule has 0 atom stereocenters. The molecule has 1 heterocycles. The van der Waals surface area contributed by atoms with Gasteiger partial charge in [-0.05, 0) is 61.2 Å². The number of amides is 1. The van der Waals surface area contributed by atoms with E-state index in [2.05, 4.69) is 29.3 Å². The molecule has 150 valence electrons. The van der Waals surface area contributed by atoms with Crippen molar-refractivity contribution < 1.29 is 13.2 Å². The van der Waals surface area contributed by atoms with Gasteiger partial charge in [-0.3, -0.25) is 9.69 Å². The third-order valence-corrected chi connectivity index (χ3v) is 6.36. The van der Waals surface area contributed by atoms with Crippen LogP contribution in [-0.4, -0.2) is 38.6 Å². The van der Waals surface area contributed by atoms with E-state index >= 15 is 0 Å². The molecule has 1 saturated heterocycles. The van der Waals surface area contributed by atoms with Crippen molar-refractivity contribution in [2.75, 3.05) is 19.3 Å². The number of nitrogens with one attached hydrogen (secondary N) is 1. The van der Waals surface area contributed by atoms with E-state index < -0.39 is 9.84 Å². The number of likely N-dealkylation sites (tertiary alicyclic amines) is 1. The van der Waals surface area contributed by atoms with Crippen molar-refractivity contribution in [2.45, 2.75) is 37.8 Å². The maximum atomic E-state index is 12.4. The lowest BCUT2D eigenvalue weighted by Crippen LogP contribution is -2.32. The number of hydrogen-bond donors (Lipinski definition) is 1. The number of carbonyl (C=O) groups is 1. The molecule has 3 rings (SSSR count). The predicted molar refractivity (Wildman–Crippen MR) is 111 cm³/mol. The molecule has 1 fully saturated rings. The van der Waals surface area contributed by atoms with E-state index in [1.165, 1.54) is 30.5 Å². The SMILES string of the molecule is CC1CCN(Cc2cccc(CNC(=O)c3cccc(S(C)(=O)=O)c3)c2)CC1. The second kappa shape index (κ2) is 8.88. The Morgan fingerprint density at radius 3 is 2.46 bits per heavy atom. The first-order valence-electron chi connectivity index (χ1n) is 9.70. The molecule has 1 amide bonds. The summed E-state index contributed by atoms with van der Waals surface area (Å²) >= 11 is 0. The Hall–Kier alpha value is -2.18. The molecule has 2 aromatic carbocycles. The molecule has 0 unspecified atom stereocenters. The standard InChI is InChI=1S/C22H28N2O3S/c1-17-9-11-24(12-10-17)16-19-6-3-5-18(13-19)15-23-22(25)20-7-4-8-21(14-20)28(2,26)27/h3-8,13-14,17H,9-12,15-16H2,1-2H3,(H,23,25). The predicted octanol–water partition coefficient (Wildman–Crippen LogP) is 3.25. The molecular weight excluding hydrogens is 372 g/mol. The van der Waals surface area contributed by atoms with Crippen molar-refractivity contribution in [1.82, 2.24) is 10.2 Å². The zero-order valence-corrected chi connectivity index (χ0v) is 17.3. The van der Waals surface area contributed by atoms with E-state index in [1.807, 2.05) is 12.1 Å². The summed E-state index contributed by atoms with van der Waals surface area (Å²) in [7, 11) is -3.33. The first kappa shape index (κ1) is 20.6. The molecule has 0 radical (unpaired) electrons. The average molecular weight is 401 g/mol. The number of hydrogen-bond acceptors (Lipinski definition) is 4. The second-order valence-electron chi connectivity index (χ2n) is 7.76. The zero-order valence-electron chi connectivity index (χ0n) is 16.5. The van der Waals surface area contributed by atoms with E-state index in [1.54, 1.807) is 12.1 Å². The summed E-state index contributed by atoms with van der Waals surface area (Å²) in [5.41, 5.74) is 2.64. The number of benzene rings is 2. The molecular formula is C22H28N2O3S. The van der Waals surface area contributed by atoms with Crippen molar-refractivity contribution in [3.8, 4) is 0 Å². The highest BCUT2D eigenvalue weighted by molar-refractivity contribution is 7.90. The summed E-state index contributed by atoms with van der Waals surface area (Å²) in [5.74, 6) is 0.542. The first-order valence-corrected chi connectivity index (χ1v) is 11.6. The van der Waals surface area contributed by atoms with Gasteiger partial charge in [-0.2, -0.15) is 0 Å². The average Bonchev–Trinajstić information content (AvgIpc) is 2.68. The molecule has 1 aliphatic heterocycles. The third-order valence-electron chi connectivity index (χ3n) is 5.25. The largest absolute Gasteiger partial charge is 0.348 e. The van der Waals surface area contributed by atoms with E-state index in [4.69, 9.17) is 0 Å². The summed E-state index contributed by atoms with van der Waals surface area (Å²) in [4.78, 5) is 15.0. The Bertz CT molecular complexity index is 932. The molecule has 0 bridgehead atoms. The van der Waals surface area contributed by atoms with Crippen molar-refractivity contribution in [3.63, 3.8) is 0 Å². The Labute approximate surface area is 167 Å². The molecule has 2 aromatic rings. The van der Waals surface area contributed by atoms with E-state index in [0.717, 1.165) is 37.4 Å². The Kier molecular flexibility index (Phi) is 6.52. The molecule has 1 aliphatic rings. The van der Waals surface area contributed by atoms with Crippen LogP contribution in [0, 0.1) is 5.92 Å². The van der Waals surface area contributed by atoms with Gasteiger partial charge in [-0.1, -0.05) is 37.3 Å². The molecule has 0 aromatic heterocycles. The smallest absolute Gasteiger partial charge is 0.251 e. The van der Waals surface area contributed by atoms with Crippen LogP contribution in [0.2, 0.25) is 0 Å². The monoisotopic (exact) mass is 400 g/mol. The van der Waals surface area contributed by atoms with Crippen LogP contribution >= 0.6 is 0 Å². The van der Waals surface area contributed by atoms with Crippen LogP contribution in [0.25, 0.3) is 0 Å². The minimum Gasteiger partial charge on any atom is -0.348 e. The van der Waals surface area contributed by atoms with Crippen molar-refractivity contribution >= 4 is 15.7 Å². The highest BCUT2D eigenvalue weighted by Crippen LogP contribution is 2.18. The fraction of sp³-hybridized carbons (Fsp3) is 0.409. The van der Waals surface area contributed by atoms with Crippen molar-refractivity contribution in [3.05, 3.63) is 65.2 Å². The lowest BCUT2D eigenvalue weighted by Gasteiger charge is -2.30. The van der Waals surface area contributed by atoms with Gasteiger partial charge in [0.15, 0.2) is 9.84 Å². The number of sulfone groups is 1. The summed E-state index contributed by atoms with van der Waals surface area (Å²) in [5, 5.41) is 2.88. The van der Waals surface area contributed by atoms with Crippen LogP contribution in [0.1, 0.15) is 41.3 Å². The fourth-order valence-electron chi connectivity index (χ4n) is 3.47. The molecule has 0 saturated carbocycles. The van der Waals surface area contributed by atoms with Crippen LogP contribution < -0.4 is 5.32 Å². The van der Waals surface area contributed by atoms with Crippen LogP contribution in [0.4, 0.5) is 0 Å². The van der Waals surface area contributed by atoms with Gasteiger partial charge in [-0.25, -0.2) is 8.42 Å². The van der Waals surface area contributed by atoms with Gasteiger partial charge < -0.3 is 5.32 Å². The zero-order chi connectivity index (χ0) is 20.1. The molecule has 1 N–H and O–H groups in total. The van der Waals surface area contributed by atoms with Crippen LogP contribution in [0.3, 0.4) is 0 Å². The van der Waals surface area contributed by atoms with Crippen molar-refractivity contribution in [1.29, 1.82) is 0 Å². The maximum absolute atomic E-state index is 12.4. The Morgan fingerprint density at radius 2 is 1.75 bits per heavy atom. The van der Waals surface area contributed by atoms with Crippen LogP contribution in [0.5, 0.6) is 0 Å². The Morgan fingerprint density at radius 1 is 1.07 bits per heavy atom.